The van der Waals surface area contributed by atoms with E-state index in [1.54, 1.807) is 35.9 Å². The summed E-state index contributed by atoms with van der Waals surface area (Å²) in [6.45, 7) is 1.78. The number of methoxy groups -OCH3 is 1. The van der Waals surface area contributed by atoms with Gasteiger partial charge in [-0.25, -0.2) is 4.79 Å². The molecule has 0 saturated heterocycles. The molecular formula is C23H20F3NO5. The van der Waals surface area contributed by atoms with Crippen LogP contribution in [0.5, 0.6) is 5.75 Å². The van der Waals surface area contributed by atoms with Crippen molar-refractivity contribution in [3.63, 3.8) is 0 Å². The number of alkyl halides is 3. The number of rotatable bonds is 7. The molecule has 1 N–H and O–H groups in total. The van der Waals surface area contributed by atoms with Gasteiger partial charge in [-0.1, -0.05) is 12.1 Å². The average molecular weight is 447 g/mol. The molecule has 0 atom stereocenters. The highest BCUT2D eigenvalue weighted by molar-refractivity contribution is 6.39. The molecule has 3 aromatic rings. The summed E-state index contributed by atoms with van der Waals surface area (Å²) in [5.74, 6) is -2.07. The van der Waals surface area contributed by atoms with Crippen molar-refractivity contribution in [2.24, 2.45) is 0 Å². The van der Waals surface area contributed by atoms with Crippen molar-refractivity contribution in [3.8, 4) is 5.75 Å². The minimum absolute atomic E-state index is 0.0167. The summed E-state index contributed by atoms with van der Waals surface area (Å²) >= 11 is 0. The minimum atomic E-state index is -4.43. The lowest BCUT2D eigenvalue weighted by Gasteiger charge is -2.09. The summed E-state index contributed by atoms with van der Waals surface area (Å²) in [4.78, 5) is 23.5. The van der Waals surface area contributed by atoms with Gasteiger partial charge in [-0.2, -0.15) is 13.2 Å². The van der Waals surface area contributed by atoms with E-state index in [4.69, 9.17) is 4.74 Å². The molecule has 0 spiro atoms. The normalized spacial score (nSPS) is 12.1. The van der Waals surface area contributed by atoms with Crippen LogP contribution in [0.1, 0.15) is 23.6 Å². The maximum absolute atomic E-state index is 12.8. The SMILES string of the molecule is CCOC(=O)C(=O)C=C(O)c1cn(Cc2ccc(C(F)(F)F)cc2)c2ccc(OC)cc12. The smallest absolute Gasteiger partial charge is 0.416 e. The van der Waals surface area contributed by atoms with Crippen molar-refractivity contribution < 1.29 is 37.3 Å². The highest BCUT2D eigenvalue weighted by atomic mass is 19.4. The third-order valence-electron chi connectivity index (χ3n) is 4.74. The Balaban J connectivity index is 2.01. The van der Waals surface area contributed by atoms with Crippen molar-refractivity contribution >= 4 is 28.4 Å². The van der Waals surface area contributed by atoms with Crippen LogP contribution in [0.3, 0.4) is 0 Å². The highest BCUT2D eigenvalue weighted by Gasteiger charge is 2.30. The van der Waals surface area contributed by atoms with Crippen LogP contribution in [-0.4, -0.2) is 35.1 Å². The van der Waals surface area contributed by atoms with Crippen molar-refractivity contribution in [2.75, 3.05) is 13.7 Å². The molecule has 0 saturated carbocycles. The second-order valence-corrected chi connectivity index (χ2v) is 6.86. The van der Waals surface area contributed by atoms with Crippen LogP contribution in [0.2, 0.25) is 0 Å². The molecule has 3 rings (SSSR count). The monoisotopic (exact) mass is 447 g/mol. The van der Waals surface area contributed by atoms with Gasteiger partial charge in [-0.15, -0.1) is 0 Å². The molecule has 0 fully saturated rings. The van der Waals surface area contributed by atoms with Gasteiger partial charge < -0.3 is 19.1 Å². The lowest BCUT2D eigenvalue weighted by Crippen LogP contribution is -2.15. The zero-order valence-corrected chi connectivity index (χ0v) is 17.3. The summed E-state index contributed by atoms with van der Waals surface area (Å²) < 4.78 is 50.0. The standard InChI is InChI=1S/C23H20F3NO5/c1-3-32-22(30)21(29)11-20(28)18-13-27(19-9-8-16(31-2)10-17(18)19)12-14-4-6-15(7-5-14)23(24,25)26/h4-11,13,28H,3,12H2,1-2H3. The fourth-order valence-corrected chi connectivity index (χ4v) is 3.20. The number of ether oxygens (including phenoxy) is 2. The Morgan fingerprint density at radius 3 is 2.41 bits per heavy atom. The van der Waals surface area contributed by atoms with Crippen molar-refractivity contribution in [3.05, 3.63) is 71.4 Å². The van der Waals surface area contributed by atoms with E-state index in [2.05, 4.69) is 4.74 Å². The number of aliphatic hydroxyl groups excluding tert-OH is 1. The lowest BCUT2D eigenvalue weighted by molar-refractivity contribution is -0.151. The topological polar surface area (TPSA) is 77.8 Å². The summed E-state index contributed by atoms with van der Waals surface area (Å²) in [5.41, 5.74) is 0.748. The molecule has 1 heterocycles. The third kappa shape index (κ3) is 4.93. The molecule has 2 aromatic carbocycles. The van der Waals surface area contributed by atoms with Crippen LogP contribution in [0, 0.1) is 0 Å². The highest BCUT2D eigenvalue weighted by Crippen LogP contribution is 2.32. The van der Waals surface area contributed by atoms with Gasteiger partial charge in [0.05, 0.1) is 19.3 Å². The number of aliphatic hydroxyl groups is 1. The number of carbonyl (C=O) groups is 2. The second-order valence-electron chi connectivity index (χ2n) is 6.86. The van der Waals surface area contributed by atoms with Crippen molar-refractivity contribution in [2.45, 2.75) is 19.6 Å². The van der Waals surface area contributed by atoms with E-state index >= 15 is 0 Å². The number of aromatic nitrogens is 1. The van der Waals surface area contributed by atoms with Gasteiger partial charge in [0.2, 0.25) is 0 Å². The number of ketones is 1. The number of benzene rings is 2. The van der Waals surface area contributed by atoms with Crippen LogP contribution < -0.4 is 4.74 Å². The Bertz CT molecular complexity index is 1180. The first kappa shape index (κ1) is 22.9. The molecule has 168 valence electrons. The number of carbonyl (C=O) groups excluding carboxylic acids is 2. The third-order valence-corrected chi connectivity index (χ3v) is 4.74. The van der Waals surface area contributed by atoms with Crippen LogP contribution in [-0.2, 0) is 27.0 Å². The van der Waals surface area contributed by atoms with Crippen LogP contribution in [0.15, 0.2) is 54.7 Å². The predicted octanol–water partition coefficient (Wildman–Crippen LogP) is 4.75. The predicted molar refractivity (Wildman–Crippen MR) is 111 cm³/mol. The number of halogens is 3. The van der Waals surface area contributed by atoms with Gasteiger partial charge in [0.1, 0.15) is 11.5 Å². The molecule has 0 bridgehead atoms. The molecule has 0 aliphatic heterocycles. The largest absolute Gasteiger partial charge is 0.507 e. The first-order valence-electron chi connectivity index (χ1n) is 9.59. The molecule has 0 radical (unpaired) electrons. The van der Waals surface area contributed by atoms with E-state index in [0.29, 0.717) is 22.2 Å². The Labute approximate surface area is 181 Å². The minimum Gasteiger partial charge on any atom is -0.507 e. The van der Waals surface area contributed by atoms with Crippen molar-refractivity contribution in [1.82, 2.24) is 4.57 Å². The number of hydrogen-bond donors (Lipinski definition) is 1. The number of fused-ring (bicyclic) bond motifs is 1. The Morgan fingerprint density at radius 1 is 1.12 bits per heavy atom. The number of hydrogen-bond acceptors (Lipinski definition) is 5. The van der Waals surface area contributed by atoms with E-state index in [1.165, 1.54) is 19.2 Å². The summed E-state index contributed by atoms with van der Waals surface area (Å²) in [5, 5.41) is 11.1. The summed E-state index contributed by atoms with van der Waals surface area (Å²) in [6, 6.07) is 9.81. The zero-order chi connectivity index (χ0) is 23.5. The average Bonchev–Trinajstić information content (AvgIpc) is 3.11. The molecule has 0 aliphatic rings. The molecular weight excluding hydrogens is 427 g/mol. The first-order chi connectivity index (χ1) is 15.1. The first-order valence-corrected chi connectivity index (χ1v) is 9.59. The van der Waals surface area contributed by atoms with Gasteiger partial charge in [0, 0.05) is 35.3 Å². The maximum atomic E-state index is 12.8. The fourth-order valence-electron chi connectivity index (χ4n) is 3.20. The molecule has 0 aliphatic carbocycles. The quantitative estimate of drug-likeness (QED) is 0.245. The van der Waals surface area contributed by atoms with Gasteiger partial charge >= 0.3 is 12.1 Å². The van der Waals surface area contributed by atoms with E-state index in [0.717, 1.165) is 18.2 Å². The number of nitrogens with zero attached hydrogens (tertiary/aromatic N) is 1. The molecule has 0 unspecified atom stereocenters. The summed E-state index contributed by atoms with van der Waals surface area (Å²) in [7, 11) is 1.47. The number of esters is 1. The maximum Gasteiger partial charge on any atom is 0.416 e. The summed E-state index contributed by atoms with van der Waals surface area (Å²) in [6.07, 6.45) is -2.11. The van der Waals surface area contributed by atoms with Gasteiger partial charge in [0.15, 0.2) is 0 Å². The van der Waals surface area contributed by atoms with Crippen LogP contribution in [0.25, 0.3) is 16.7 Å². The van der Waals surface area contributed by atoms with Crippen LogP contribution >= 0.6 is 0 Å². The Morgan fingerprint density at radius 2 is 1.81 bits per heavy atom. The van der Waals surface area contributed by atoms with Crippen molar-refractivity contribution in [1.29, 1.82) is 0 Å². The van der Waals surface area contributed by atoms with Gasteiger partial charge in [0.25, 0.3) is 5.78 Å². The van der Waals surface area contributed by atoms with E-state index in [1.807, 2.05) is 0 Å². The van der Waals surface area contributed by atoms with Gasteiger partial charge in [-0.3, -0.25) is 4.79 Å². The van der Waals surface area contributed by atoms with E-state index < -0.39 is 29.3 Å². The van der Waals surface area contributed by atoms with E-state index in [-0.39, 0.29) is 18.7 Å². The Hall–Kier alpha value is -3.75. The second kappa shape index (κ2) is 9.17. The molecule has 0 amide bonds. The van der Waals surface area contributed by atoms with Gasteiger partial charge in [-0.05, 0) is 42.8 Å². The van der Waals surface area contributed by atoms with Crippen LogP contribution in [0.4, 0.5) is 13.2 Å². The lowest BCUT2D eigenvalue weighted by atomic mass is 10.1. The molecule has 9 heteroatoms. The molecule has 6 nitrogen and oxygen atoms in total. The van der Waals surface area contributed by atoms with E-state index in [9.17, 15) is 27.9 Å². The fraction of sp³-hybridized carbons (Fsp3) is 0.217. The Kier molecular flexibility index (Phi) is 6.57. The zero-order valence-electron chi connectivity index (χ0n) is 17.3. The molecule has 1 aromatic heterocycles. The molecule has 32 heavy (non-hydrogen) atoms.